The van der Waals surface area contributed by atoms with E-state index in [2.05, 4.69) is 17.1 Å². The van der Waals surface area contributed by atoms with Crippen LogP contribution >= 0.6 is 24.2 Å². The summed E-state index contributed by atoms with van der Waals surface area (Å²) < 4.78 is 0. The fraction of sp³-hybridized carbons (Fsp3) is 0.923. The maximum absolute atomic E-state index is 12.2. The van der Waals surface area contributed by atoms with Crippen molar-refractivity contribution in [2.45, 2.75) is 38.6 Å². The summed E-state index contributed by atoms with van der Waals surface area (Å²) in [6.45, 7) is 5.16. The Morgan fingerprint density at radius 1 is 1.44 bits per heavy atom. The van der Waals surface area contributed by atoms with Crippen LogP contribution in [0.4, 0.5) is 0 Å². The molecule has 1 unspecified atom stereocenters. The number of thioether (sulfide) groups is 1. The van der Waals surface area contributed by atoms with Crippen molar-refractivity contribution in [1.82, 2.24) is 10.2 Å². The number of rotatable bonds is 6. The minimum absolute atomic E-state index is 0. The second-order valence-electron chi connectivity index (χ2n) is 5.21. The molecule has 1 aliphatic carbocycles. The molecular weight excluding hydrogens is 268 g/mol. The lowest BCUT2D eigenvalue weighted by atomic mass is 10.2. The molecule has 0 aromatic rings. The van der Waals surface area contributed by atoms with Crippen LogP contribution in [-0.2, 0) is 4.79 Å². The molecule has 1 saturated carbocycles. The van der Waals surface area contributed by atoms with Crippen molar-refractivity contribution in [3.63, 3.8) is 0 Å². The second kappa shape index (κ2) is 8.28. The molecule has 2 fully saturated rings. The monoisotopic (exact) mass is 292 g/mol. The standard InChI is InChI=1S/C13H24N2OS.ClH/c1-2-6-15(9-11-3-4-11)13(16)8-12-10-17-7-5-14-12;/h11-12,14H,2-10H2,1H3;1H. The molecule has 1 heterocycles. The molecule has 0 aromatic heterocycles. The van der Waals surface area contributed by atoms with Gasteiger partial charge in [-0.3, -0.25) is 4.79 Å². The van der Waals surface area contributed by atoms with Crippen LogP contribution in [-0.4, -0.2) is 48.0 Å². The van der Waals surface area contributed by atoms with Gasteiger partial charge in [-0.25, -0.2) is 0 Å². The van der Waals surface area contributed by atoms with Crippen molar-refractivity contribution in [2.24, 2.45) is 5.92 Å². The molecule has 5 heteroatoms. The van der Waals surface area contributed by atoms with E-state index in [0.29, 0.717) is 18.4 Å². The Labute approximate surface area is 121 Å². The van der Waals surface area contributed by atoms with E-state index in [1.807, 2.05) is 11.8 Å². The van der Waals surface area contributed by atoms with E-state index in [1.54, 1.807) is 0 Å². The first-order valence-corrected chi connectivity index (χ1v) is 8.04. The fourth-order valence-electron chi connectivity index (χ4n) is 2.29. The molecule has 1 atom stereocenters. The van der Waals surface area contributed by atoms with Crippen LogP contribution in [0.25, 0.3) is 0 Å². The van der Waals surface area contributed by atoms with Crippen LogP contribution < -0.4 is 5.32 Å². The molecule has 1 saturated heterocycles. The molecular formula is C13H25ClN2OS. The third-order valence-corrected chi connectivity index (χ3v) is 4.57. The van der Waals surface area contributed by atoms with Gasteiger partial charge in [-0.1, -0.05) is 6.92 Å². The van der Waals surface area contributed by atoms with Gasteiger partial charge in [0.25, 0.3) is 0 Å². The lowest BCUT2D eigenvalue weighted by Crippen LogP contribution is -2.43. The van der Waals surface area contributed by atoms with Crippen molar-refractivity contribution in [2.75, 3.05) is 31.1 Å². The van der Waals surface area contributed by atoms with Crippen LogP contribution in [0.2, 0.25) is 0 Å². The zero-order valence-electron chi connectivity index (χ0n) is 11.2. The molecule has 1 aliphatic heterocycles. The van der Waals surface area contributed by atoms with Gasteiger partial charge in [0.05, 0.1) is 0 Å². The molecule has 3 nitrogen and oxygen atoms in total. The van der Waals surface area contributed by atoms with Crippen molar-refractivity contribution in [3.05, 3.63) is 0 Å². The highest BCUT2D eigenvalue weighted by molar-refractivity contribution is 7.99. The summed E-state index contributed by atoms with van der Waals surface area (Å²) >= 11 is 1.96. The Kier molecular flexibility index (Phi) is 7.42. The topological polar surface area (TPSA) is 32.3 Å². The Balaban J connectivity index is 0.00000162. The lowest BCUT2D eigenvalue weighted by molar-refractivity contribution is -0.131. The zero-order valence-corrected chi connectivity index (χ0v) is 12.8. The largest absolute Gasteiger partial charge is 0.342 e. The minimum atomic E-state index is 0. The van der Waals surface area contributed by atoms with Crippen molar-refractivity contribution < 1.29 is 4.79 Å². The molecule has 0 bridgehead atoms. The van der Waals surface area contributed by atoms with E-state index in [4.69, 9.17) is 0 Å². The quantitative estimate of drug-likeness (QED) is 0.814. The fourth-order valence-corrected chi connectivity index (χ4v) is 3.24. The number of halogens is 1. The van der Waals surface area contributed by atoms with Crippen LogP contribution in [0.3, 0.4) is 0 Å². The van der Waals surface area contributed by atoms with E-state index in [0.717, 1.165) is 37.7 Å². The Morgan fingerprint density at radius 2 is 2.22 bits per heavy atom. The van der Waals surface area contributed by atoms with Gasteiger partial charge in [-0.2, -0.15) is 11.8 Å². The maximum Gasteiger partial charge on any atom is 0.224 e. The van der Waals surface area contributed by atoms with E-state index in [9.17, 15) is 4.79 Å². The maximum atomic E-state index is 12.2. The average molecular weight is 293 g/mol. The summed E-state index contributed by atoms with van der Waals surface area (Å²) in [5, 5.41) is 3.45. The molecule has 0 radical (unpaired) electrons. The zero-order chi connectivity index (χ0) is 12.1. The van der Waals surface area contributed by atoms with Crippen LogP contribution in [0.5, 0.6) is 0 Å². The predicted octanol–water partition coefficient (Wildman–Crippen LogP) is 2.15. The number of carbonyl (C=O) groups excluding carboxylic acids is 1. The van der Waals surface area contributed by atoms with Gasteiger partial charge in [0.15, 0.2) is 0 Å². The predicted molar refractivity (Wildman–Crippen MR) is 80.6 cm³/mol. The van der Waals surface area contributed by atoms with E-state index >= 15 is 0 Å². The van der Waals surface area contributed by atoms with Gasteiger partial charge in [0.1, 0.15) is 0 Å². The first-order valence-electron chi connectivity index (χ1n) is 6.88. The van der Waals surface area contributed by atoms with Crippen molar-refractivity contribution in [3.8, 4) is 0 Å². The number of nitrogens with zero attached hydrogens (tertiary/aromatic N) is 1. The molecule has 1 N–H and O–H groups in total. The molecule has 1 amide bonds. The summed E-state index contributed by atoms with van der Waals surface area (Å²) in [5.41, 5.74) is 0. The second-order valence-corrected chi connectivity index (χ2v) is 6.36. The third-order valence-electron chi connectivity index (χ3n) is 3.44. The highest BCUT2D eigenvalue weighted by atomic mass is 35.5. The molecule has 0 aromatic carbocycles. The molecule has 0 spiro atoms. The first kappa shape index (κ1) is 16.1. The Morgan fingerprint density at radius 3 is 2.78 bits per heavy atom. The minimum Gasteiger partial charge on any atom is -0.342 e. The number of nitrogens with one attached hydrogen (secondary N) is 1. The Hall–Kier alpha value is 0.0700. The van der Waals surface area contributed by atoms with Gasteiger partial charge in [-0.15, -0.1) is 12.4 Å². The third kappa shape index (κ3) is 5.37. The first-order chi connectivity index (χ1) is 8.29. The Bertz CT molecular complexity index is 255. The molecule has 2 aliphatic rings. The SMILES string of the molecule is CCCN(CC1CC1)C(=O)CC1CSCCN1.Cl. The molecule has 18 heavy (non-hydrogen) atoms. The number of amides is 1. The van der Waals surface area contributed by atoms with Gasteiger partial charge >= 0.3 is 0 Å². The molecule has 106 valence electrons. The summed E-state index contributed by atoms with van der Waals surface area (Å²) in [4.78, 5) is 14.3. The van der Waals surface area contributed by atoms with E-state index in [1.165, 1.54) is 18.6 Å². The summed E-state index contributed by atoms with van der Waals surface area (Å²) in [5.74, 6) is 3.44. The summed E-state index contributed by atoms with van der Waals surface area (Å²) in [7, 11) is 0. The van der Waals surface area contributed by atoms with Gasteiger partial charge in [-0.05, 0) is 25.2 Å². The smallest absolute Gasteiger partial charge is 0.224 e. The highest BCUT2D eigenvalue weighted by Crippen LogP contribution is 2.30. The van der Waals surface area contributed by atoms with E-state index < -0.39 is 0 Å². The highest BCUT2D eigenvalue weighted by Gasteiger charge is 2.27. The van der Waals surface area contributed by atoms with Crippen LogP contribution in [0.15, 0.2) is 0 Å². The van der Waals surface area contributed by atoms with E-state index in [-0.39, 0.29) is 12.4 Å². The average Bonchev–Trinajstić information content (AvgIpc) is 3.14. The lowest BCUT2D eigenvalue weighted by Gasteiger charge is -2.27. The normalized spacial score (nSPS) is 23.3. The van der Waals surface area contributed by atoms with Crippen LogP contribution in [0.1, 0.15) is 32.6 Å². The van der Waals surface area contributed by atoms with Gasteiger partial charge in [0.2, 0.25) is 5.91 Å². The van der Waals surface area contributed by atoms with Crippen LogP contribution in [0, 0.1) is 5.92 Å². The molecule has 2 rings (SSSR count). The van der Waals surface area contributed by atoms with Crippen molar-refractivity contribution in [1.29, 1.82) is 0 Å². The summed E-state index contributed by atoms with van der Waals surface area (Å²) in [6.07, 6.45) is 4.42. The van der Waals surface area contributed by atoms with Crippen molar-refractivity contribution >= 4 is 30.1 Å². The van der Waals surface area contributed by atoms with Gasteiger partial charge < -0.3 is 10.2 Å². The number of hydrogen-bond donors (Lipinski definition) is 1. The summed E-state index contributed by atoms with van der Waals surface area (Å²) in [6, 6.07) is 0.403. The number of carbonyl (C=O) groups is 1. The van der Waals surface area contributed by atoms with Gasteiger partial charge in [0, 0.05) is 43.6 Å². The number of hydrogen-bond acceptors (Lipinski definition) is 3.